The van der Waals surface area contributed by atoms with Crippen molar-refractivity contribution in [2.75, 3.05) is 5.32 Å². The van der Waals surface area contributed by atoms with Crippen molar-refractivity contribution in [2.45, 2.75) is 39.2 Å². The number of halogens is 1. The number of hydrogen-bond donors (Lipinski definition) is 3. The first kappa shape index (κ1) is 15.9. The van der Waals surface area contributed by atoms with E-state index in [0.717, 1.165) is 18.9 Å². The van der Waals surface area contributed by atoms with Crippen LogP contribution in [0.5, 0.6) is 0 Å². The molecule has 0 atom stereocenters. The Morgan fingerprint density at radius 2 is 1.90 bits per heavy atom. The Hall–Kier alpha value is -2.11. The molecule has 1 aromatic rings. The average molecular weight is 282 g/mol. The summed E-state index contributed by atoms with van der Waals surface area (Å²) < 4.78 is 13.5. The summed E-state index contributed by atoms with van der Waals surface area (Å²) in [5.74, 6) is -2.31. The fourth-order valence-corrected chi connectivity index (χ4v) is 1.70. The maximum absolute atomic E-state index is 13.5. The lowest BCUT2D eigenvalue weighted by Gasteiger charge is -2.28. The van der Waals surface area contributed by atoms with Crippen molar-refractivity contribution in [1.82, 2.24) is 5.32 Å². The maximum atomic E-state index is 13.5. The smallest absolute Gasteiger partial charge is 0.340 e. The van der Waals surface area contributed by atoms with E-state index in [1.54, 1.807) is 0 Å². The molecule has 0 fully saturated rings. The molecule has 0 radical (unpaired) electrons. The number of hydrogen-bond acceptors (Lipinski definition) is 2. The molecular weight excluding hydrogens is 263 g/mol. The van der Waals surface area contributed by atoms with Gasteiger partial charge in [-0.1, -0.05) is 19.9 Å². The van der Waals surface area contributed by atoms with Crippen molar-refractivity contribution >= 4 is 17.7 Å². The average Bonchev–Trinajstić information content (AvgIpc) is 2.38. The lowest BCUT2D eigenvalue weighted by atomic mass is 9.96. The molecule has 0 aliphatic heterocycles. The number of amides is 2. The number of nitrogens with one attached hydrogen (secondary N) is 2. The number of rotatable bonds is 5. The molecule has 0 saturated heterocycles. The molecule has 2 amide bonds. The third-order valence-electron chi connectivity index (χ3n) is 3.45. The maximum Gasteiger partial charge on any atom is 0.340 e. The summed E-state index contributed by atoms with van der Waals surface area (Å²) in [5, 5.41) is 14.1. The van der Waals surface area contributed by atoms with Gasteiger partial charge in [0.1, 0.15) is 11.4 Å². The minimum Gasteiger partial charge on any atom is -0.478 e. The van der Waals surface area contributed by atoms with Gasteiger partial charge in [-0.3, -0.25) is 0 Å². The van der Waals surface area contributed by atoms with Gasteiger partial charge in [-0.05, 0) is 31.9 Å². The van der Waals surface area contributed by atoms with Gasteiger partial charge in [0, 0.05) is 5.54 Å². The van der Waals surface area contributed by atoms with Gasteiger partial charge in [-0.25, -0.2) is 14.0 Å². The summed E-state index contributed by atoms with van der Waals surface area (Å²) in [7, 11) is 0. The lowest BCUT2D eigenvalue weighted by Crippen LogP contribution is -2.47. The molecule has 20 heavy (non-hydrogen) atoms. The summed E-state index contributed by atoms with van der Waals surface area (Å²) >= 11 is 0. The number of urea groups is 1. The van der Waals surface area contributed by atoms with Crippen LogP contribution < -0.4 is 10.6 Å². The molecule has 110 valence electrons. The first-order chi connectivity index (χ1) is 9.33. The molecule has 0 heterocycles. The van der Waals surface area contributed by atoms with Crippen LogP contribution in [0.2, 0.25) is 0 Å². The molecule has 0 bridgehead atoms. The number of anilines is 1. The van der Waals surface area contributed by atoms with Crippen LogP contribution in [-0.2, 0) is 0 Å². The number of carbonyl (C=O) groups is 2. The third-order valence-corrected chi connectivity index (χ3v) is 3.45. The van der Waals surface area contributed by atoms with E-state index in [0.29, 0.717) is 0 Å². The molecular formula is C14H19FN2O3. The van der Waals surface area contributed by atoms with Gasteiger partial charge in [0.25, 0.3) is 0 Å². The van der Waals surface area contributed by atoms with Crippen molar-refractivity contribution in [3.8, 4) is 0 Å². The predicted molar refractivity (Wildman–Crippen MR) is 74.5 cm³/mol. The Bertz CT molecular complexity index is 513. The molecule has 6 heteroatoms. The minimum atomic E-state index is -1.42. The summed E-state index contributed by atoms with van der Waals surface area (Å²) in [6.45, 7) is 5.76. The Kier molecular flexibility index (Phi) is 5.07. The van der Waals surface area contributed by atoms with Gasteiger partial charge < -0.3 is 15.7 Å². The van der Waals surface area contributed by atoms with Crippen molar-refractivity contribution < 1.29 is 19.1 Å². The van der Waals surface area contributed by atoms with E-state index in [4.69, 9.17) is 5.11 Å². The van der Waals surface area contributed by atoms with E-state index in [2.05, 4.69) is 10.6 Å². The molecule has 1 aromatic carbocycles. The highest BCUT2D eigenvalue weighted by Crippen LogP contribution is 2.20. The van der Waals surface area contributed by atoms with E-state index >= 15 is 0 Å². The SMILES string of the molecule is CCC(C)(CC)NC(=O)Nc1cccc(F)c1C(=O)O. The molecule has 0 aliphatic carbocycles. The van der Waals surface area contributed by atoms with Crippen molar-refractivity contribution in [2.24, 2.45) is 0 Å². The van der Waals surface area contributed by atoms with Crippen molar-refractivity contribution in [1.29, 1.82) is 0 Å². The van der Waals surface area contributed by atoms with Crippen LogP contribution in [0.4, 0.5) is 14.9 Å². The fraction of sp³-hybridized carbons (Fsp3) is 0.429. The van der Waals surface area contributed by atoms with Gasteiger partial charge in [-0.15, -0.1) is 0 Å². The third kappa shape index (κ3) is 3.69. The van der Waals surface area contributed by atoms with Crippen LogP contribution in [0, 0.1) is 5.82 Å². The zero-order chi connectivity index (χ0) is 15.3. The second-order valence-corrected chi connectivity index (χ2v) is 4.81. The number of carboxylic acid groups (broad SMARTS) is 1. The Morgan fingerprint density at radius 3 is 2.40 bits per heavy atom. The summed E-state index contributed by atoms with van der Waals surface area (Å²) in [6.07, 6.45) is 1.46. The second-order valence-electron chi connectivity index (χ2n) is 4.81. The molecule has 0 aliphatic rings. The quantitative estimate of drug-likeness (QED) is 0.775. The largest absolute Gasteiger partial charge is 0.478 e. The number of carboxylic acids is 1. The van der Waals surface area contributed by atoms with E-state index < -0.39 is 23.4 Å². The highest BCUT2D eigenvalue weighted by atomic mass is 19.1. The first-order valence-corrected chi connectivity index (χ1v) is 6.44. The molecule has 0 unspecified atom stereocenters. The molecule has 3 N–H and O–H groups in total. The van der Waals surface area contributed by atoms with Crippen LogP contribution in [0.25, 0.3) is 0 Å². The highest BCUT2D eigenvalue weighted by Gasteiger charge is 2.23. The predicted octanol–water partition coefficient (Wildman–Crippen LogP) is 3.22. The fourth-order valence-electron chi connectivity index (χ4n) is 1.70. The molecule has 0 spiro atoms. The first-order valence-electron chi connectivity index (χ1n) is 6.44. The molecule has 0 aromatic heterocycles. The van der Waals surface area contributed by atoms with Crippen LogP contribution in [-0.4, -0.2) is 22.6 Å². The van der Waals surface area contributed by atoms with E-state index in [1.807, 2.05) is 20.8 Å². The summed E-state index contributed by atoms with van der Waals surface area (Å²) in [4.78, 5) is 22.9. The molecule has 0 saturated carbocycles. The summed E-state index contributed by atoms with van der Waals surface area (Å²) in [6, 6.07) is 3.18. The van der Waals surface area contributed by atoms with Crippen LogP contribution >= 0.6 is 0 Å². The minimum absolute atomic E-state index is 0.0652. The Labute approximate surface area is 117 Å². The monoisotopic (exact) mass is 282 g/mol. The lowest BCUT2D eigenvalue weighted by molar-refractivity contribution is 0.0693. The number of aromatic carboxylic acids is 1. The van der Waals surface area contributed by atoms with Crippen LogP contribution in [0.3, 0.4) is 0 Å². The van der Waals surface area contributed by atoms with E-state index in [-0.39, 0.29) is 11.2 Å². The topological polar surface area (TPSA) is 78.4 Å². The zero-order valence-corrected chi connectivity index (χ0v) is 11.8. The highest BCUT2D eigenvalue weighted by molar-refractivity contribution is 6.00. The standard InChI is InChI=1S/C14H19FN2O3/c1-4-14(3,5-2)17-13(20)16-10-8-6-7-9(15)11(10)12(18)19/h6-8H,4-5H2,1-3H3,(H,18,19)(H2,16,17,20). The van der Waals surface area contributed by atoms with Gasteiger partial charge in [0.2, 0.25) is 0 Å². The van der Waals surface area contributed by atoms with Gasteiger partial charge in [-0.2, -0.15) is 0 Å². The Balaban J connectivity index is 2.92. The zero-order valence-electron chi connectivity index (χ0n) is 11.8. The molecule has 1 rings (SSSR count). The van der Waals surface area contributed by atoms with E-state index in [1.165, 1.54) is 12.1 Å². The number of benzene rings is 1. The van der Waals surface area contributed by atoms with Gasteiger partial charge in [0.05, 0.1) is 5.69 Å². The van der Waals surface area contributed by atoms with Crippen LogP contribution in [0.15, 0.2) is 18.2 Å². The van der Waals surface area contributed by atoms with Crippen molar-refractivity contribution in [3.05, 3.63) is 29.6 Å². The molecule has 5 nitrogen and oxygen atoms in total. The second kappa shape index (κ2) is 6.36. The van der Waals surface area contributed by atoms with Crippen LogP contribution in [0.1, 0.15) is 44.0 Å². The number of carbonyl (C=O) groups excluding carboxylic acids is 1. The Morgan fingerprint density at radius 1 is 1.30 bits per heavy atom. The van der Waals surface area contributed by atoms with Gasteiger partial charge >= 0.3 is 12.0 Å². The summed E-state index contributed by atoms with van der Waals surface area (Å²) in [5.41, 5.74) is -0.997. The van der Waals surface area contributed by atoms with Crippen molar-refractivity contribution in [3.63, 3.8) is 0 Å². The van der Waals surface area contributed by atoms with E-state index in [9.17, 15) is 14.0 Å². The normalized spacial score (nSPS) is 11.0. The van der Waals surface area contributed by atoms with Gasteiger partial charge in [0.15, 0.2) is 0 Å².